The van der Waals surface area contributed by atoms with Crippen LogP contribution in [0.5, 0.6) is 0 Å². The first-order valence-corrected chi connectivity index (χ1v) is 6.18. The molecule has 0 fully saturated rings. The van der Waals surface area contributed by atoms with Crippen LogP contribution < -0.4 is 10.5 Å². The van der Waals surface area contributed by atoms with Crippen molar-refractivity contribution in [3.05, 3.63) is 23.7 Å². The van der Waals surface area contributed by atoms with Gasteiger partial charge in [0.25, 0.3) is 0 Å². The fourth-order valence-electron chi connectivity index (χ4n) is 1.25. The molecule has 2 aromatic rings. The van der Waals surface area contributed by atoms with Crippen molar-refractivity contribution < 1.29 is 12.9 Å². The maximum absolute atomic E-state index is 11.8. The van der Waals surface area contributed by atoms with E-state index < -0.39 is 10.0 Å². The SMILES string of the molecule is Cc1cc(CNS(=O)(=O)c2cn[nH]c2N)no1. The Balaban J connectivity index is 2.11. The molecule has 0 aliphatic rings. The molecule has 2 heterocycles. The summed E-state index contributed by atoms with van der Waals surface area (Å²) in [5.74, 6) is 0.607. The van der Waals surface area contributed by atoms with E-state index in [0.29, 0.717) is 11.5 Å². The zero-order valence-electron chi connectivity index (χ0n) is 8.97. The van der Waals surface area contributed by atoms with Crippen molar-refractivity contribution in [2.75, 3.05) is 5.73 Å². The summed E-state index contributed by atoms with van der Waals surface area (Å²) in [4.78, 5) is -0.0854. The lowest BCUT2D eigenvalue weighted by Gasteiger charge is -2.02. The highest BCUT2D eigenvalue weighted by atomic mass is 32.2. The molecular weight excluding hydrogens is 246 g/mol. The van der Waals surface area contributed by atoms with Crippen molar-refractivity contribution in [2.24, 2.45) is 0 Å². The molecule has 4 N–H and O–H groups in total. The Bertz CT molecular complexity index is 615. The van der Waals surface area contributed by atoms with Gasteiger partial charge in [-0.3, -0.25) is 5.10 Å². The Kier molecular flexibility index (Phi) is 2.86. The van der Waals surface area contributed by atoms with E-state index >= 15 is 0 Å². The number of H-pyrrole nitrogens is 1. The second-order valence-electron chi connectivity index (χ2n) is 3.40. The van der Waals surface area contributed by atoms with Crippen LogP contribution in [0.15, 0.2) is 21.7 Å². The number of sulfonamides is 1. The molecule has 0 aliphatic carbocycles. The number of nitrogen functional groups attached to an aromatic ring is 1. The van der Waals surface area contributed by atoms with Crippen LogP contribution in [0.25, 0.3) is 0 Å². The first kappa shape index (κ1) is 11.6. The zero-order chi connectivity index (χ0) is 12.5. The summed E-state index contributed by atoms with van der Waals surface area (Å²) < 4.78 is 30.7. The molecule has 0 unspecified atom stereocenters. The molecule has 0 aromatic carbocycles. The van der Waals surface area contributed by atoms with Crippen LogP contribution in [0.4, 0.5) is 5.82 Å². The molecular formula is C8H11N5O3S. The number of nitrogens with one attached hydrogen (secondary N) is 2. The third kappa shape index (κ3) is 2.45. The maximum atomic E-state index is 11.8. The third-order valence-corrected chi connectivity index (χ3v) is 3.47. The lowest BCUT2D eigenvalue weighted by atomic mass is 10.4. The first-order chi connectivity index (χ1) is 7.99. The molecule has 17 heavy (non-hydrogen) atoms. The van der Waals surface area contributed by atoms with Gasteiger partial charge in [0.15, 0.2) is 0 Å². The van der Waals surface area contributed by atoms with E-state index in [1.807, 2.05) is 0 Å². The van der Waals surface area contributed by atoms with Gasteiger partial charge in [0.05, 0.1) is 18.4 Å². The highest BCUT2D eigenvalue weighted by molar-refractivity contribution is 7.89. The van der Waals surface area contributed by atoms with Gasteiger partial charge in [-0.15, -0.1) is 0 Å². The summed E-state index contributed by atoms with van der Waals surface area (Å²) in [6.07, 6.45) is 1.14. The maximum Gasteiger partial charge on any atom is 0.246 e. The average molecular weight is 257 g/mol. The van der Waals surface area contributed by atoms with Gasteiger partial charge in [-0.1, -0.05) is 5.16 Å². The number of rotatable bonds is 4. The summed E-state index contributed by atoms with van der Waals surface area (Å²) in [5, 5.41) is 9.56. The summed E-state index contributed by atoms with van der Waals surface area (Å²) in [7, 11) is -3.69. The number of hydrogen-bond acceptors (Lipinski definition) is 6. The standard InChI is InChI=1S/C8H11N5O3S/c1-5-2-6(13-16-5)3-11-17(14,15)7-4-10-12-8(7)9/h2,4,11H,3H2,1H3,(H3,9,10,12). The fourth-order valence-corrected chi connectivity index (χ4v) is 2.27. The quantitative estimate of drug-likeness (QED) is 0.694. The van der Waals surface area contributed by atoms with Crippen LogP contribution in [-0.4, -0.2) is 23.8 Å². The highest BCUT2D eigenvalue weighted by Gasteiger charge is 2.19. The number of hydrogen-bond donors (Lipinski definition) is 3. The normalized spacial score (nSPS) is 11.8. The largest absolute Gasteiger partial charge is 0.383 e. The van der Waals surface area contributed by atoms with Crippen LogP contribution in [0, 0.1) is 6.92 Å². The van der Waals surface area contributed by atoms with Crippen molar-refractivity contribution in [3.8, 4) is 0 Å². The summed E-state index contributed by atoms with van der Waals surface area (Å²) in [6, 6.07) is 1.64. The Hall–Kier alpha value is -1.87. The fraction of sp³-hybridized carbons (Fsp3) is 0.250. The van der Waals surface area contributed by atoms with Gasteiger partial charge in [0.1, 0.15) is 16.5 Å². The molecule has 92 valence electrons. The number of aromatic nitrogens is 3. The molecule has 0 saturated carbocycles. The summed E-state index contributed by atoms with van der Waals surface area (Å²) in [6.45, 7) is 1.75. The summed E-state index contributed by atoms with van der Waals surface area (Å²) in [5.41, 5.74) is 5.92. The minimum Gasteiger partial charge on any atom is -0.383 e. The number of anilines is 1. The van der Waals surface area contributed by atoms with Crippen LogP contribution in [0.1, 0.15) is 11.5 Å². The van der Waals surface area contributed by atoms with Crippen LogP contribution >= 0.6 is 0 Å². The molecule has 8 nitrogen and oxygen atoms in total. The minimum atomic E-state index is -3.69. The monoisotopic (exact) mass is 257 g/mol. The molecule has 0 atom stereocenters. The number of aromatic amines is 1. The molecule has 0 spiro atoms. The van der Waals surface area contributed by atoms with E-state index in [0.717, 1.165) is 6.20 Å². The van der Waals surface area contributed by atoms with E-state index in [1.54, 1.807) is 13.0 Å². The van der Waals surface area contributed by atoms with Crippen molar-refractivity contribution in [2.45, 2.75) is 18.4 Å². The van der Waals surface area contributed by atoms with Crippen LogP contribution in [-0.2, 0) is 16.6 Å². The highest BCUT2D eigenvalue weighted by Crippen LogP contribution is 2.14. The second-order valence-corrected chi connectivity index (χ2v) is 5.14. The van der Waals surface area contributed by atoms with Gasteiger partial charge in [0.2, 0.25) is 10.0 Å². The predicted octanol–water partition coefficient (Wildman–Crippen LogP) is -0.233. The van der Waals surface area contributed by atoms with Crippen molar-refractivity contribution >= 4 is 15.8 Å². The number of aryl methyl sites for hydroxylation is 1. The molecule has 9 heteroatoms. The third-order valence-electron chi connectivity index (χ3n) is 2.04. The Morgan fingerprint density at radius 1 is 1.59 bits per heavy atom. The lowest BCUT2D eigenvalue weighted by Crippen LogP contribution is -2.23. The van der Waals surface area contributed by atoms with E-state index in [2.05, 4.69) is 20.1 Å². The predicted molar refractivity (Wildman–Crippen MR) is 58.3 cm³/mol. The second kappa shape index (κ2) is 4.18. The lowest BCUT2D eigenvalue weighted by molar-refractivity contribution is 0.390. The van der Waals surface area contributed by atoms with Gasteiger partial charge in [-0.05, 0) is 6.92 Å². The zero-order valence-corrected chi connectivity index (χ0v) is 9.78. The molecule has 0 aliphatic heterocycles. The number of nitrogens with zero attached hydrogens (tertiary/aromatic N) is 2. The topological polar surface area (TPSA) is 127 Å². The van der Waals surface area contributed by atoms with Gasteiger partial charge >= 0.3 is 0 Å². The van der Waals surface area contributed by atoms with Gasteiger partial charge in [-0.25, -0.2) is 13.1 Å². The van der Waals surface area contributed by atoms with Gasteiger partial charge in [0, 0.05) is 6.07 Å². The summed E-state index contributed by atoms with van der Waals surface area (Å²) >= 11 is 0. The molecule has 0 radical (unpaired) electrons. The van der Waals surface area contributed by atoms with Gasteiger partial charge < -0.3 is 10.3 Å². The number of nitrogens with two attached hydrogens (primary N) is 1. The van der Waals surface area contributed by atoms with E-state index in [-0.39, 0.29) is 17.3 Å². The van der Waals surface area contributed by atoms with Crippen molar-refractivity contribution in [3.63, 3.8) is 0 Å². The van der Waals surface area contributed by atoms with E-state index in [1.165, 1.54) is 0 Å². The van der Waals surface area contributed by atoms with E-state index in [4.69, 9.17) is 10.3 Å². The Labute approximate surface area is 97.2 Å². The average Bonchev–Trinajstić information content (AvgIpc) is 2.85. The van der Waals surface area contributed by atoms with E-state index in [9.17, 15) is 8.42 Å². The first-order valence-electron chi connectivity index (χ1n) is 4.70. The Morgan fingerprint density at radius 2 is 2.35 bits per heavy atom. The van der Waals surface area contributed by atoms with Gasteiger partial charge in [-0.2, -0.15) is 5.10 Å². The molecule has 2 rings (SSSR count). The van der Waals surface area contributed by atoms with Crippen LogP contribution in [0.2, 0.25) is 0 Å². The molecule has 0 saturated heterocycles. The van der Waals surface area contributed by atoms with Crippen molar-refractivity contribution in [1.82, 2.24) is 20.1 Å². The Morgan fingerprint density at radius 3 is 2.88 bits per heavy atom. The molecule has 2 aromatic heterocycles. The molecule has 0 bridgehead atoms. The van der Waals surface area contributed by atoms with Crippen LogP contribution in [0.3, 0.4) is 0 Å². The van der Waals surface area contributed by atoms with Crippen molar-refractivity contribution in [1.29, 1.82) is 0 Å². The molecule has 0 amide bonds. The smallest absolute Gasteiger partial charge is 0.246 e. The minimum absolute atomic E-state index is 0.00571.